The van der Waals surface area contributed by atoms with Gasteiger partial charge in [-0.1, -0.05) is 42.5 Å². The Hall–Kier alpha value is -2.49. The molecule has 0 bridgehead atoms. The van der Waals surface area contributed by atoms with Gasteiger partial charge < -0.3 is 15.4 Å². The Kier molecular flexibility index (Phi) is 6.32. The van der Waals surface area contributed by atoms with Crippen molar-refractivity contribution in [2.75, 3.05) is 26.2 Å². The number of hydrogen-bond acceptors (Lipinski definition) is 2. The van der Waals surface area contributed by atoms with E-state index >= 15 is 0 Å². The molecule has 2 aromatic carbocycles. The van der Waals surface area contributed by atoms with Crippen molar-refractivity contribution in [2.45, 2.75) is 26.2 Å². The minimum atomic E-state index is 0.787. The highest BCUT2D eigenvalue weighted by Gasteiger charge is 2.11. The Morgan fingerprint density at radius 3 is 2.76 bits per heavy atom. The first kappa shape index (κ1) is 17.3. The van der Waals surface area contributed by atoms with Crippen molar-refractivity contribution in [3.05, 3.63) is 65.2 Å². The van der Waals surface area contributed by atoms with E-state index in [1.807, 2.05) is 6.07 Å². The molecule has 0 aromatic heterocycles. The smallest absolute Gasteiger partial charge is 0.191 e. The van der Waals surface area contributed by atoms with Crippen molar-refractivity contribution in [1.29, 1.82) is 0 Å². The van der Waals surface area contributed by atoms with Crippen molar-refractivity contribution in [2.24, 2.45) is 4.99 Å². The van der Waals surface area contributed by atoms with E-state index in [4.69, 9.17) is 4.74 Å². The summed E-state index contributed by atoms with van der Waals surface area (Å²) >= 11 is 0. The maximum Gasteiger partial charge on any atom is 0.191 e. The van der Waals surface area contributed by atoms with E-state index in [0.29, 0.717) is 0 Å². The van der Waals surface area contributed by atoms with Gasteiger partial charge in [0.2, 0.25) is 0 Å². The van der Waals surface area contributed by atoms with E-state index in [1.165, 1.54) is 16.7 Å². The third-order valence-corrected chi connectivity index (χ3v) is 4.32. The molecule has 1 aliphatic heterocycles. The number of guanidine groups is 1. The summed E-state index contributed by atoms with van der Waals surface area (Å²) < 4.78 is 5.56. The van der Waals surface area contributed by atoms with Crippen LogP contribution in [0.3, 0.4) is 0 Å². The lowest BCUT2D eigenvalue weighted by Crippen LogP contribution is -2.38. The second kappa shape index (κ2) is 9.11. The highest BCUT2D eigenvalue weighted by atomic mass is 16.5. The first-order valence-electron chi connectivity index (χ1n) is 9.16. The first-order valence-corrected chi connectivity index (χ1v) is 9.16. The van der Waals surface area contributed by atoms with Crippen LogP contribution in [-0.2, 0) is 19.3 Å². The van der Waals surface area contributed by atoms with Crippen LogP contribution in [0.1, 0.15) is 23.6 Å². The SMILES string of the molecule is CCNC(=NCCc1ccccc1)NCCc1ccc2c(c1)CCO2. The molecule has 0 unspecified atom stereocenters. The minimum Gasteiger partial charge on any atom is -0.493 e. The zero-order chi connectivity index (χ0) is 17.3. The fraction of sp³-hybridized carbons (Fsp3) is 0.381. The highest BCUT2D eigenvalue weighted by Crippen LogP contribution is 2.25. The first-order chi connectivity index (χ1) is 12.3. The second-order valence-electron chi connectivity index (χ2n) is 6.21. The third-order valence-electron chi connectivity index (χ3n) is 4.32. The number of aliphatic imine (C=N–C) groups is 1. The monoisotopic (exact) mass is 337 g/mol. The number of rotatable bonds is 7. The van der Waals surface area contributed by atoms with Gasteiger partial charge >= 0.3 is 0 Å². The van der Waals surface area contributed by atoms with Gasteiger partial charge in [-0.25, -0.2) is 0 Å². The zero-order valence-corrected chi connectivity index (χ0v) is 14.9. The summed E-state index contributed by atoms with van der Waals surface area (Å²) in [7, 11) is 0. The van der Waals surface area contributed by atoms with Gasteiger partial charge in [0.15, 0.2) is 5.96 Å². The molecule has 0 aliphatic carbocycles. The van der Waals surface area contributed by atoms with Gasteiger partial charge in [0, 0.05) is 26.1 Å². The summed E-state index contributed by atoms with van der Waals surface area (Å²) in [6.07, 6.45) is 2.97. The molecular formula is C21H27N3O. The molecule has 132 valence electrons. The molecule has 0 fully saturated rings. The molecular weight excluding hydrogens is 310 g/mol. The summed E-state index contributed by atoms with van der Waals surface area (Å²) in [4.78, 5) is 4.67. The van der Waals surface area contributed by atoms with Crippen molar-refractivity contribution >= 4 is 5.96 Å². The van der Waals surface area contributed by atoms with Crippen molar-refractivity contribution < 1.29 is 4.74 Å². The Labute approximate surface area is 150 Å². The van der Waals surface area contributed by atoms with Crippen LogP contribution in [0.25, 0.3) is 0 Å². The predicted octanol–water partition coefficient (Wildman–Crippen LogP) is 2.96. The van der Waals surface area contributed by atoms with Gasteiger partial charge in [0.25, 0.3) is 0 Å². The van der Waals surface area contributed by atoms with Gasteiger partial charge in [0.1, 0.15) is 5.75 Å². The van der Waals surface area contributed by atoms with Crippen LogP contribution in [0.5, 0.6) is 5.75 Å². The fourth-order valence-electron chi connectivity index (χ4n) is 3.00. The average molecular weight is 337 g/mol. The summed E-state index contributed by atoms with van der Waals surface area (Å²) in [5, 5.41) is 6.75. The molecule has 3 rings (SSSR count). The van der Waals surface area contributed by atoms with E-state index in [-0.39, 0.29) is 0 Å². The molecule has 0 saturated heterocycles. The minimum absolute atomic E-state index is 0.787. The second-order valence-corrected chi connectivity index (χ2v) is 6.21. The van der Waals surface area contributed by atoms with Crippen LogP contribution in [0.4, 0.5) is 0 Å². The van der Waals surface area contributed by atoms with E-state index < -0.39 is 0 Å². The Balaban J connectivity index is 1.47. The molecule has 0 spiro atoms. The van der Waals surface area contributed by atoms with Gasteiger partial charge in [-0.05, 0) is 42.5 Å². The number of hydrogen-bond donors (Lipinski definition) is 2. The van der Waals surface area contributed by atoms with Crippen molar-refractivity contribution in [3.63, 3.8) is 0 Å². The molecule has 4 heteroatoms. The quantitative estimate of drug-likeness (QED) is 0.603. The van der Waals surface area contributed by atoms with Crippen LogP contribution in [0, 0.1) is 0 Å². The van der Waals surface area contributed by atoms with Crippen LogP contribution >= 0.6 is 0 Å². The van der Waals surface area contributed by atoms with Gasteiger partial charge in [-0.15, -0.1) is 0 Å². The van der Waals surface area contributed by atoms with Gasteiger partial charge in [0.05, 0.1) is 6.61 Å². The number of ether oxygens (including phenoxy) is 1. The Morgan fingerprint density at radius 2 is 1.92 bits per heavy atom. The molecule has 25 heavy (non-hydrogen) atoms. The predicted molar refractivity (Wildman–Crippen MR) is 103 cm³/mol. The molecule has 0 atom stereocenters. The van der Waals surface area contributed by atoms with E-state index in [9.17, 15) is 0 Å². The number of fused-ring (bicyclic) bond motifs is 1. The topological polar surface area (TPSA) is 45.7 Å². The highest BCUT2D eigenvalue weighted by molar-refractivity contribution is 5.79. The zero-order valence-electron chi connectivity index (χ0n) is 14.9. The molecule has 1 aliphatic rings. The molecule has 1 heterocycles. The van der Waals surface area contributed by atoms with E-state index in [0.717, 1.165) is 57.2 Å². The molecule has 0 radical (unpaired) electrons. The van der Waals surface area contributed by atoms with Crippen LogP contribution in [0.2, 0.25) is 0 Å². The summed E-state index contributed by atoms with van der Waals surface area (Å²) in [6.45, 7) is 5.43. The molecule has 0 amide bonds. The maximum absolute atomic E-state index is 5.56. The molecule has 0 saturated carbocycles. The van der Waals surface area contributed by atoms with Gasteiger partial charge in [-0.2, -0.15) is 0 Å². The maximum atomic E-state index is 5.56. The average Bonchev–Trinajstić information content (AvgIpc) is 3.10. The van der Waals surface area contributed by atoms with Crippen LogP contribution < -0.4 is 15.4 Å². The van der Waals surface area contributed by atoms with E-state index in [1.54, 1.807) is 0 Å². The standard InChI is InChI=1S/C21H27N3O/c1-2-22-21(23-13-10-17-6-4-3-5-7-17)24-14-11-18-8-9-20-19(16-18)12-15-25-20/h3-9,16H,2,10-15H2,1H3,(H2,22,23,24). The van der Waals surface area contributed by atoms with Crippen LogP contribution in [0.15, 0.2) is 53.5 Å². The van der Waals surface area contributed by atoms with Gasteiger partial charge in [-0.3, -0.25) is 4.99 Å². The Bertz CT molecular complexity index is 698. The normalized spacial score (nSPS) is 13.2. The fourth-order valence-corrected chi connectivity index (χ4v) is 3.00. The van der Waals surface area contributed by atoms with Crippen molar-refractivity contribution in [3.8, 4) is 5.75 Å². The van der Waals surface area contributed by atoms with Crippen molar-refractivity contribution in [1.82, 2.24) is 10.6 Å². The molecule has 2 aromatic rings. The lowest BCUT2D eigenvalue weighted by molar-refractivity contribution is 0.357. The molecule has 4 nitrogen and oxygen atoms in total. The largest absolute Gasteiger partial charge is 0.493 e. The summed E-state index contributed by atoms with van der Waals surface area (Å²) in [5.41, 5.74) is 4.00. The Morgan fingerprint density at radius 1 is 1.04 bits per heavy atom. The number of benzene rings is 2. The summed E-state index contributed by atoms with van der Waals surface area (Å²) in [5.74, 6) is 1.94. The lowest BCUT2D eigenvalue weighted by Gasteiger charge is -2.11. The summed E-state index contributed by atoms with van der Waals surface area (Å²) in [6, 6.07) is 17.0. The number of nitrogens with zero attached hydrogens (tertiary/aromatic N) is 1. The lowest BCUT2D eigenvalue weighted by atomic mass is 10.1. The van der Waals surface area contributed by atoms with E-state index in [2.05, 4.69) is 65.0 Å². The number of nitrogens with one attached hydrogen (secondary N) is 2. The van der Waals surface area contributed by atoms with Crippen LogP contribution in [-0.4, -0.2) is 32.2 Å². The third kappa shape index (κ3) is 5.24. The molecule has 2 N–H and O–H groups in total.